The van der Waals surface area contributed by atoms with Gasteiger partial charge in [0, 0.05) is 19.7 Å². The van der Waals surface area contributed by atoms with Gasteiger partial charge in [0.2, 0.25) is 11.8 Å². The summed E-state index contributed by atoms with van der Waals surface area (Å²) in [6, 6.07) is 12.0. The molecule has 1 unspecified atom stereocenters. The highest BCUT2D eigenvalue weighted by molar-refractivity contribution is 5.87. The van der Waals surface area contributed by atoms with E-state index in [9.17, 15) is 9.59 Å². The van der Waals surface area contributed by atoms with Crippen LogP contribution in [0.15, 0.2) is 48.7 Å². The fourth-order valence-corrected chi connectivity index (χ4v) is 1.83. The Balaban J connectivity index is 2.06. The number of hydrogen-bond acceptors (Lipinski definition) is 4. The third-order valence-electron chi connectivity index (χ3n) is 2.81. The molecule has 0 bridgehead atoms. The first-order valence-electron chi connectivity index (χ1n) is 6.53. The minimum atomic E-state index is -0.847. The van der Waals surface area contributed by atoms with E-state index in [0.717, 1.165) is 5.56 Å². The molecular weight excluding hydrogens is 268 g/mol. The van der Waals surface area contributed by atoms with Crippen LogP contribution in [-0.2, 0) is 16.1 Å². The van der Waals surface area contributed by atoms with Crippen LogP contribution in [0, 0.1) is 0 Å². The van der Waals surface area contributed by atoms with Gasteiger partial charge in [0.1, 0.15) is 0 Å². The van der Waals surface area contributed by atoms with E-state index in [1.807, 2.05) is 30.3 Å². The number of rotatable bonds is 5. The molecule has 108 valence electrons. The van der Waals surface area contributed by atoms with Crippen molar-refractivity contribution in [2.24, 2.45) is 0 Å². The molecule has 1 aromatic carbocycles. The van der Waals surface area contributed by atoms with Gasteiger partial charge in [-0.3, -0.25) is 9.59 Å². The van der Waals surface area contributed by atoms with Gasteiger partial charge < -0.3 is 10.6 Å². The molecule has 0 aliphatic rings. The van der Waals surface area contributed by atoms with Crippen molar-refractivity contribution in [3.05, 3.63) is 59.9 Å². The lowest BCUT2D eigenvalue weighted by Crippen LogP contribution is -2.39. The minimum Gasteiger partial charge on any atom is -0.350 e. The molecule has 6 heteroatoms. The lowest BCUT2D eigenvalue weighted by atomic mass is 10.1. The monoisotopic (exact) mass is 284 g/mol. The summed E-state index contributed by atoms with van der Waals surface area (Å²) in [5, 5.41) is 13.0. The van der Waals surface area contributed by atoms with Crippen LogP contribution in [0.2, 0.25) is 0 Å². The molecule has 0 spiro atoms. The van der Waals surface area contributed by atoms with E-state index in [1.54, 1.807) is 12.1 Å². The van der Waals surface area contributed by atoms with E-state index < -0.39 is 6.04 Å². The van der Waals surface area contributed by atoms with Crippen LogP contribution >= 0.6 is 0 Å². The van der Waals surface area contributed by atoms with Crippen molar-refractivity contribution >= 4 is 11.8 Å². The van der Waals surface area contributed by atoms with Crippen LogP contribution in [-0.4, -0.2) is 22.0 Å². The molecule has 1 heterocycles. The summed E-state index contributed by atoms with van der Waals surface area (Å²) < 4.78 is 0. The molecule has 0 aliphatic heterocycles. The molecule has 2 N–H and O–H groups in total. The Kier molecular flexibility index (Phi) is 4.98. The molecule has 2 aromatic rings. The quantitative estimate of drug-likeness (QED) is 0.857. The van der Waals surface area contributed by atoms with Gasteiger partial charge in [-0.25, -0.2) is 0 Å². The zero-order valence-corrected chi connectivity index (χ0v) is 11.6. The molecule has 21 heavy (non-hydrogen) atoms. The Morgan fingerprint density at radius 1 is 1.14 bits per heavy atom. The fourth-order valence-electron chi connectivity index (χ4n) is 1.83. The van der Waals surface area contributed by atoms with Crippen molar-refractivity contribution in [3.63, 3.8) is 0 Å². The average Bonchev–Trinajstić information content (AvgIpc) is 2.52. The Labute approximate surface area is 122 Å². The van der Waals surface area contributed by atoms with Crippen LogP contribution in [0.25, 0.3) is 0 Å². The number of benzene rings is 1. The SMILES string of the molecule is CC(=O)NC(C(=O)NCc1ccccc1)c1cccnn1. The first-order chi connectivity index (χ1) is 10.2. The smallest absolute Gasteiger partial charge is 0.249 e. The first kappa shape index (κ1) is 14.6. The minimum absolute atomic E-state index is 0.305. The van der Waals surface area contributed by atoms with E-state index in [0.29, 0.717) is 12.2 Å². The highest BCUT2D eigenvalue weighted by Gasteiger charge is 2.22. The first-order valence-corrected chi connectivity index (χ1v) is 6.53. The standard InChI is InChI=1S/C15H16N4O2/c1-11(20)18-14(13-8-5-9-17-19-13)15(21)16-10-12-6-3-2-4-7-12/h2-9,14H,10H2,1H3,(H,16,21)(H,18,20). The number of nitrogens with one attached hydrogen (secondary N) is 2. The Morgan fingerprint density at radius 2 is 1.90 bits per heavy atom. The van der Waals surface area contributed by atoms with Gasteiger partial charge in [-0.05, 0) is 17.7 Å². The highest BCUT2D eigenvalue weighted by atomic mass is 16.2. The van der Waals surface area contributed by atoms with E-state index in [2.05, 4.69) is 20.8 Å². The number of carbonyl (C=O) groups is 2. The number of hydrogen-bond donors (Lipinski definition) is 2. The van der Waals surface area contributed by atoms with Crippen molar-refractivity contribution in [3.8, 4) is 0 Å². The molecule has 6 nitrogen and oxygen atoms in total. The van der Waals surface area contributed by atoms with Gasteiger partial charge in [0.15, 0.2) is 6.04 Å². The van der Waals surface area contributed by atoms with Crippen molar-refractivity contribution in [1.82, 2.24) is 20.8 Å². The summed E-state index contributed by atoms with van der Waals surface area (Å²) >= 11 is 0. The third-order valence-corrected chi connectivity index (χ3v) is 2.81. The number of carbonyl (C=O) groups excluding carboxylic acids is 2. The van der Waals surface area contributed by atoms with Gasteiger partial charge in [0.05, 0.1) is 5.69 Å². The molecular formula is C15H16N4O2. The Bertz CT molecular complexity index is 602. The van der Waals surface area contributed by atoms with Crippen molar-refractivity contribution in [2.75, 3.05) is 0 Å². The lowest BCUT2D eigenvalue weighted by molar-refractivity contribution is -0.128. The number of nitrogens with zero attached hydrogens (tertiary/aromatic N) is 2. The van der Waals surface area contributed by atoms with Gasteiger partial charge in [0.25, 0.3) is 0 Å². The highest BCUT2D eigenvalue weighted by Crippen LogP contribution is 2.09. The molecule has 2 rings (SSSR count). The second kappa shape index (κ2) is 7.14. The van der Waals surface area contributed by atoms with Crippen LogP contribution < -0.4 is 10.6 Å². The molecule has 0 radical (unpaired) electrons. The van der Waals surface area contributed by atoms with Crippen LogP contribution in [0.4, 0.5) is 0 Å². The fraction of sp³-hybridized carbons (Fsp3) is 0.200. The summed E-state index contributed by atoms with van der Waals surface area (Å²) in [6.45, 7) is 1.74. The van der Waals surface area contributed by atoms with Gasteiger partial charge in [-0.15, -0.1) is 0 Å². The zero-order chi connectivity index (χ0) is 15.1. The molecule has 1 aromatic heterocycles. The molecule has 0 fully saturated rings. The summed E-state index contributed by atoms with van der Waals surface area (Å²) in [5.41, 5.74) is 1.38. The zero-order valence-electron chi connectivity index (χ0n) is 11.6. The van der Waals surface area contributed by atoms with Crippen molar-refractivity contribution < 1.29 is 9.59 Å². The van der Waals surface area contributed by atoms with Crippen molar-refractivity contribution in [1.29, 1.82) is 0 Å². The summed E-state index contributed by atoms with van der Waals surface area (Å²) in [6.07, 6.45) is 1.51. The molecule has 0 saturated heterocycles. The summed E-state index contributed by atoms with van der Waals surface area (Å²) in [7, 11) is 0. The van der Waals surface area contributed by atoms with Crippen LogP contribution in [0.1, 0.15) is 24.2 Å². The second-order valence-corrected chi connectivity index (χ2v) is 4.49. The molecule has 0 aliphatic carbocycles. The van der Waals surface area contributed by atoms with Crippen molar-refractivity contribution in [2.45, 2.75) is 19.5 Å². The number of aromatic nitrogens is 2. The van der Waals surface area contributed by atoms with Crippen LogP contribution in [0.3, 0.4) is 0 Å². The summed E-state index contributed by atoms with van der Waals surface area (Å²) in [5.74, 6) is -0.630. The van der Waals surface area contributed by atoms with E-state index in [-0.39, 0.29) is 11.8 Å². The van der Waals surface area contributed by atoms with Gasteiger partial charge >= 0.3 is 0 Å². The molecule has 1 atom stereocenters. The maximum Gasteiger partial charge on any atom is 0.249 e. The Hall–Kier alpha value is -2.76. The van der Waals surface area contributed by atoms with E-state index >= 15 is 0 Å². The van der Waals surface area contributed by atoms with Crippen LogP contribution in [0.5, 0.6) is 0 Å². The second-order valence-electron chi connectivity index (χ2n) is 4.49. The van der Waals surface area contributed by atoms with E-state index in [1.165, 1.54) is 13.1 Å². The summed E-state index contributed by atoms with van der Waals surface area (Å²) in [4.78, 5) is 23.5. The Morgan fingerprint density at radius 3 is 2.52 bits per heavy atom. The maximum absolute atomic E-state index is 12.3. The van der Waals surface area contributed by atoms with Gasteiger partial charge in [-0.2, -0.15) is 10.2 Å². The largest absolute Gasteiger partial charge is 0.350 e. The predicted molar refractivity (Wildman–Crippen MR) is 76.9 cm³/mol. The van der Waals surface area contributed by atoms with Gasteiger partial charge in [-0.1, -0.05) is 30.3 Å². The predicted octanol–water partition coefficient (Wildman–Crippen LogP) is 0.970. The normalized spacial score (nSPS) is 11.5. The molecule has 0 saturated carbocycles. The molecule has 2 amide bonds. The van der Waals surface area contributed by atoms with E-state index in [4.69, 9.17) is 0 Å². The third kappa shape index (κ3) is 4.38. The lowest BCUT2D eigenvalue weighted by Gasteiger charge is -2.16. The maximum atomic E-state index is 12.3. The average molecular weight is 284 g/mol. The number of amides is 2. The topological polar surface area (TPSA) is 84.0 Å².